The summed E-state index contributed by atoms with van der Waals surface area (Å²) < 4.78 is 30.0. The van der Waals surface area contributed by atoms with Crippen LogP contribution >= 0.6 is 0 Å². The molecule has 134 valence electrons. The standard InChI is InChI=1S/C19H34F2OSi/c1-16(12-9-13-18(20)21)10-8-11-17(2)14-15-22-23(6,7)19(3,4)5/h10,13-14H,8-9,11-12,15H2,1-7H3/b16-10+,17-14+. The van der Waals surface area contributed by atoms with Crippen LogP contribution in [0, 0.1) is 0 Å². The first-order valence-electron chi connectivity index (χ1n) is 8.42. The van der Waals surface area contributed by atoms with Crippen LogP contribution in [0.2, 0.25) is 18.1 Å². The highest BCUT2D eigenvalue weighted by atomic mass is 28.4. The van der Waals surface area contributed by atoms with Gasteiger partial charge < -0.3 is 4.43 Å². The van der Waals surface area contributed by atoms with E-state index in [1.807, 2.05) is 6.92 Å². The molecule has 0 fully saturated rings. The summed E-state index contributed by atoms with van der Waals surface area (Å²) in [5.41, 5.74) is 2.50. The smallest absolute Gasteiger partial charge is 0.266 e. The van der Waals surface area contributed by atoms with Crippen molar-refractivity contribution in [3.05, 3.63) is 35.5 Å². The summed E-state index contributed by atoms with van der Waals surface area (Å²) in [6, 6.07) is 0. The topological polar surface area (TPSA) is 9.23 Å². The van der Waals surface area contributed by atoms with Crippen molar-refractivity contribution in [1.82, 2.24) is 0 Å². The third-order valence-corrected chi connectivity index (χ3v) is 9.05. The van der Waals surface area contributed by atoms with E-state index >= 15 is 0 Å². The average Bonchev–Trinajstić information content (AvgIpc) is 2.36. The molecule has 0 aromatic rings. The molecule has 0 aliphatic heterocycles. The van der Waals surface area contributed by atoms with Gasteiger partial charge in [-0.3, -0.25) is 0 Å². The van der Waals surface area contributed by atoms with Gasteiger partial charge in [0.1, 0.15) is 0 Å². The number of allylic oxidation sites excluding steroid dienone is 4. The number of halogens is 2. The lowest BCUT2D eigenvalue weighted by Gasteiger charge is -2.35. The van der Waals surface area contributed by atoms with Gasteiger partial charge in [-0.25, -0.2) is 0 Å². The third-order valence-electron chi connectivity index (χ3n) is 4.55. The van der Waals surface area contributed by atoms with Gasteiger partial charge >= 0.3 is 0 Å². The second kappa shape index (κ2) is 10.2. The average molecular weight is 345 g/mol. The third kappa shape index (κ3) is 10.6. The molecular weight excluding hydrogens is 310 g/mol. The van der Waals surface area contributed by atoms with Gasteiger partial charge in [0.15, 0.2) is 8.32 Å². The van der Waals surface area contributed by atoms with Crippen LogP contribution in [0.4, 0.5) is 8.78 Å². The van der Waals surface area contributed by atoms with E-state index in [9.17, 15) is 8.78 Å². The largest absolute Gasteiger partial charge is 0.413 e. The van der Waals surface area contributed by atoms with Gasteiger partial charge in [0.2, 0.25) is 0 Å². The lowest BCUT2D eigenvalue weighted by molar-refractivity contribution is 0.327. The zero-order chi connectivity index (χ0) is 18.1. The Kier molecular flexibility index (Phi) is 9.86. The van der Waals surface area contributed by atoms with Crippen LogP contribution in [0.1, 0.15) is 60.3 Å². The number of hydrogen-bond acceptors (Lipinski definition) is 1. The molecule has 0 atom stereocenters. The van der Waals surface area contributed by atoms with Crippen molar-refractivity contribution in [2.75, 3.05) is 6.61 Å². The quantitative estimate of drug-likeness (QED) is 0.316. The molecule has 23 heavy (non-hydrogen) atoms. The molecule has 0 aromatic heterocycles. The Bertz CT molecular complexity index is 439. The Morgan fingerprint density at radius 3 is 1.87 bits per heavy atom. The minimum atomic E-state index is -1.67. The minimum absolute atomic E-state index is 0.238. The van der Waals surface area contributed by atoms with Crippen molar-refractivity contribution < 1.29 is 13.2 Å². The highest BCUT2D eigenvalue weighted by Gasteiger charge is 2.36. The van der Waals surface area contributed by atoms with Gasteiger partial charge in [-0.2, -0.15) is 8.78 Å². The summed E-state index contributed by atoms with van der Waals surface area (Å²) in [5, 5.41) is 0.238. The van der Waals surface area contributed by atoms with E-state index in [1.54, 1.807) is 0 Å². The summed E-state index contributed by atoms with van der Waals surface area (Å²) in [7, 11) is -1.67. The predicted octanol–water partition coefficient (Wildman–Crippen LogP) is 7.24. The van der Waals surface area contributed by atoms with Crippen molar-refractivity contribution >= 4 is 8.32 Å². The lowest BCUT2D eigenvalue weighted by atomic mass is 10.1. The Morgan fingerprint density at radius 1 is 0.913 bits per heavy atom. The first kappa shape index (κ1) is 22.3. The summed E-state index contributed by atoms with van der Waals surface area (Å²) in [6.07, 6.45) is 6.79. The Morgan fingerprint density at radius 2 is 1.39 bits per heavy atom. The molecule has 0 heterocycles. The van der Waals surface area contributed by atoms with Crippen LogP contribution in [0.25, 0.3) is 0 Å². The van der Waals surface area contributed by atoms with Crippen LogP contribution in [0.3, 0.4) is 0 Å². The normalized spacial score (nSPS) is 14.1. The van der Waals surface area contributed by atoms with Crippen molar-refractivity contribution in [3.8, 4) is 0 Å². The number of hydrogen-bond donors (Lipinski definition) is 0. The van der Waals surface area contributed by atoms with Gasteiger partial charge in [-0.1, -0.05) is 44.1 Å². The summed E-state index contributed by atoms with van der Waals surface area (Å²) in [5.74, 6) is 0. The summed E-state index contributed by atoms with van der Waals surface area (Å²) in [6.45, 7) is 16.1. The number of rotatable bonds is 9. The fourth-order valence-electron chi connectivity index (χ4n) is 1.77. The van der Waals surface area contributed by atoms with E-state index in [2.05, 4.69) is 52.9 Å². The summed E-state index contributed by atoms with van der Waals surface area (Å²) in [4.78, 5) is 0. The van der Waals surface area contributed by atoms with E-state index in [1.165, 1.54) is 11.1 Å². The van der Waals surface area contributed by atoms with E-state index in [-0.39, 0.29) is 5.04 Å². The highest BCUT2D eigenvalue weighted by Crippen LogP contribution is 2.36. The maximum absolute atomic E-state index is 11.9. The lowest BCUT2D eigenvalue weighted by Crippen LogP contribution is -2.40. The van der Waals surface area contributed by atoms with Gasteiger partial charge in [-0.05, 0) is 63.7 Å². The predicted molar refractivity (Wildman–Crippen MR) is 99.4 cm³/mol. The molecule has 0 saturated carbocycles. The summed E-state index contributed by atoms with van der Waals surface area (Å²) >= 11 is 0. The molecule has 0 radical (unpaired) electrons. The van der Waals surface area contributed by atoms with Gasteiger partial charge in [0.25, 0.3) is 6.08 Å². The first-order chi connectivity index (χ1) is 10.5. The fraction of sp³-hybridized carbons (Fsp3) is 0.684. The highest BCUT2D eigenvalue weighted by molar-refractivity contribution is 6.74. The first-order valence-corrected chi connectivity index (χ1v) is 11.3. The maximum Gasteiger partial charge on any atom is 0.266 e. The molecule has 0 amide bonds. The Labute approximate surface area is 142 Å². The van der Waals surface area contributed by atoms with Crippen molar-refractivity contribution in [2.45, 2.75) is 78.4 Å². The monoisotopic (exact) mass is 344 g/mol. The Hall–Kier alpha value is -0.743. The fourth-order valence-corrected chi connectivity index (χ4v) is 2.70. The molecule has 0 unspecified atom stereocenters. The molecule has 0 bridgehead atoms. The molecule has 0 aliphatic rings. The molecule has 0 saturated heterocycles. The van der Waals surface area contributed by atoms with E-state index in [4.69, 9.17) is 4.43 Å². The maximum atomic E-state index is 11.9. The molecule has 0 aromatic carbocycles. The minimum Gasteiger partial charge on any atom is -0.413 e. The van der Waals surface area contributed by atoms with Gasteiger partial charge in [0, 0.05) is 0 Å². The molecule has 0 spiro atoms. The van der Waals surface area contributed by atoms with Crippen molar-refractivity contribution in [1.29, 1.82) is 0 Å². The Balaban J connectivity index is 4.15. The van der Waals surface area contributed by atoms with Gasteiger partial charge in [-0.15, -0.1) is 0 Å². The van der Waals surface area contributed by atoms with Gasteiger partial charge in [0.05, 0.1) is 6.61 Å². The van der Waals surface area contributed by atoms with Crippen LogP contribution < -0.4 is 0 Å². The van der Waals surface area contributed by atoms with Crippen LogP contribution in [0.5, 0.6) is 0 Å². The molecule has 1 nitrogen and oxygen atoms in total. The second-order valence-corrected chi connectivity index (χ2v) is 12.6. The molecular formula is C19H34F2OSi. The van der Waals surface area contributed by atoms with Crippen LogP contribution in [0.15, 0.2) is 35.5 Å². The van der Waals surface area contributed by atoms with Crippen molar-refractivity contribution in [3.63, 3.8) is 0 Å². The molecule has 0 aliphatic carbocycles. The van der Waals surface area contributed by atoms with E-state index in [0.29, 0.717) is 19.4 Å². The molecule has 0 rings (SSSR count). The van der Waals surface area contributed by atoms with Crippen LogP contribution in [-0.4, -0.2) is 14.9 Å². The zero-order valence-electron chi connectivity index (χ0n) is 15.9. The SMILES string of the molecule is C/C(=C\CC/C(C)=C/CO[Si](C)(C)C(C)(C)C)CCC=C(F)F. The van der Waals surface area contributed by atoms with E-state index < -0.39 is 14.4 Å². The van der Waals surface area contributed by atoms with Crippen molar-refractivity contribution in [2.24, 2.45) is 0 Å². The second-order valence-electron chi connectivity index (χ2n) is 7.74. The molecule has 0 N–H and O–H groups in total. The van der Waals surface area contributed by atoms with E-state index in [0.717, 1.165) is 18.9 Å². The zero-order valence-corrected chi connectivity index (χ0v) is 16.9. The van der Waals surface area contributed by atoms with Crippen LogP contribution in [-0.2, 0) is 4.43 Å². The molecule has 4 heteroatoms.